The monoisotopic (exact) mass is 359 g/mol. The molecule has 6 heteroatoms. The third-order valence-electron chi connectivity index (χ3n) is 5.68. The Kier molecular flexibility index (Phi) is 4.54. The lowest BCUT2D eigenvalue weighted by Crippen LogP contribution is -2.48. The van der Waals surface area contributed by atoms with Gasteiger partial charge in [0.25, 0.3) is 0 Å². The molecule has 5 nitrogen and oxygen atoms in total. The van der Waals surface area contributed by atoms with Crippen LogP contribution in [0, 0.1) is 5.92 Å². The summed E-state index contributed by atoms with van der Waals surface area (Å²) in [5, 5.41) is 1.06. The lowest BCUT2D eigenvalue weighted by Gasteiger charge is -2.39. The zero-order chi connectivity index (χ0) is 17.4. The fraction of sp³-hybridized carbons (Fsp3) is 0.579. The van der Waals surface area contributed by atoms with Crippen molar-refractivity contribution in [1.29, 1.82) is 0 Å². The largest absolute Gasteiger partial charge is 0.494 e. The Morgan fingerprint density at radius 3 is 2.68 bits per heavy atom. The Morgan fingerprint density at radius 2 is 2.04 bits per heavy atom. The molecule has 0 bridgehead atoms. The van der Waals surface area contributed by atoms with E-state index in [4.69, 9.17) is 9.72 Å². The van der Waals surface area contributed by atoms with Crippen molar-refractivity contribution >= 4 is 32.6 Å². The SMILES string of the molecule is COc1cccc2sc(N3CCC(N(C)C(=O)C4CCC4)CC3)nc12. The van der Waals surface area contributed by atoms with E-state index in [2.05, 4.69) is 11.0 Å². The van der Waals surface area contributed by atoms with Gasteiger partial charge >= 0.3 is 0 Å². The van der Waals surface area contributed by atoms with Crippen LogP contribution < -0.4 is 9.64 Å². The first-order valence-corrected chi connectivity index (χ1v) is 9.94. The predicted octanol–water partition coefficient (Wildman–Crippen LogP) is 3.53. The molecule has 25 heavy (non-hydrogen) atoms. The molecule has 1 aromatic heterocycles. The van der Waals surface area contributed by atoms with Crippen molar-refractivity contribution in [3.8, 4) is 5.75 Å². The second kappa shape index (κ2) is 6.83. The van der Waals surface area contributed by atoms with Gasteiger partial charge in [0.2, 0.25) is 5.91 Å². The first-order valence-electron chi connectivity index (χ1n) is 9.12. The number of amides is 1. The summed E-state index contributed by atoms with van der Waals surface area (Å²) in [5.74, 6) is 1.48. The molecular formula is C19H25N3O2S. The summed E-state index contributed by atoms with van der Waals surface area (Å²) in [7, 11) is 3.68. The van der Waals surface area contributed by atoms with Crippen LogP contribution >= 0.6 is 11.3 Å². The Bertz CT molecular complexity index is 763. The molecule has 0 unspecified atom stereocenters. The van der Waals surface area contributed by atoms with Crippen LogP contribution in [-0.4, -0.2) is 49.1 Å². The minimum absolute atomic E-state index is 0.291. The fourth-order valence-electron chi connectivity index (χ4n) is 3.78. The summed E-state index contributed by atoms with van der Waals surface area (Å²) in [4.78, 5) is 21.6. The van der Waals surface area contributed by atoms with Gasteiger partial charge in [0, 0.05) is 32.1 Å². The number of hydrogen-bond donors (Lipinski definition) is 0. The molecule has 0 spiro atoms. The number of thiazole rings is 1. The molecule has 1 aromatic carbocycles. The molecular weight excluding hydrogens is 334 g/mol. The van der Waals surface area contributed by atoms with Crippen LogP contribution in [0.3, 0.4) is 0 Å². The average molecular weight is 359 g/mol. The standard InChI is InChI=1S/C19H25N3O2S/c1-21(18(23)13-5-3-6-13)14-9-11-22(12-10-14)19-20-17-15(24-2)7-4-8-16(17)25-19/h4,7-8,13-14H,3,5-6,9-12H2,1-2H3. The van der Waals surface area contributed by atoms with Gasteiger partial charge in [-0.25, -0.2) is 4.98 Å². The second-order valence-corrected chi connectivity index (χ2v) is 8.11. The smallest absolute Gasteiger partial charge is 0.225 e. The van der Waals surface area contributed by atoms with Crippen molar-refractivity contribution < 1.29 is 9.53 Å². The van der Waals surface area contributed by atoms with E-state index in [0.717, 1.165) is 59.9 Å². The first-order chi connectivity index (χ1) is 12.2. The molecule has 1 saturated carbocycles. The van der Waals surface area contributed by atoms with Crippen LogP contribution in [0.5, 0.6) is 5.75 Å². The Labute approximate surface area is 152 Å². The lowest BCUT2D eigenvalue weighted by atomic mass is 9.84. The molecule has 1 saturated heterocycles. The van der Waals surface area contributed by atoms with E-state index in [9.17, 15) is 4.79 Å². The number of methoxy groups -OCH3 is 1. The van der Waals surface area contributed by atoms with Crippen molar-refractivity contribution in [3.05, 3.63) is 18.2 Å². The molecule has 0 atom stereocenters. The van der Waals surface area contributed by atoms with E-state index in [1.807, 2.05) is 24.1 Å². The molecule has 2 aromatic rings. The number of benzene rings is 1. The van der Waals surface area contributed by atoms with Crippen molar-refractivity contribution in [2.45, 2.75) is 38.1 Å². The Hall–Kier alpha value is -1.82. The molecule has 4 rings (SSSR count). The van der Waals surface area contributed by atoms with Crippen LogP contribution in [0.1, 0.15) is 32.1 Å². The van der Waals surface area contributed by atoms with Crippen LogP contribution in [0.15, 0.2) is 18.2 Å². The molecule has 2 fully saturated rings. The molecule has 1 aliphatic carbocycles. The van der Waals surface area contributed by atoms with Crippen LogP contribution in [-0.2, 0) is 4.79 Å². The van der Waals surface area contributed by atoms with Crippen molar-refractivity contribution in [2.75, 3.05) is 32.1 Å². The molecule has 2 aliphatic rings. The van der Waals surface area contributed by atoms with Crippen molar-refractivity contribution in [2.24, 2.45) is 5.92 Å². The average Bonchev–Trinajstić information content (AvgIpc) is 3.04. The number of ether oxygens (including phenoxy) is 1. The number of rotatable bonds is 4. The summed E-state index contributed by atoms with van der Waals surface area (Å²) in [6.07, 6.45) is 5.40. The highest BCUT2D eigenvalue weighted by Crippen LogP contribution is 2.35. The third kappa shape index (κ3) is 3.08. The first kappa shape index (κ1) is 16.6. The van der Waals surface area contributed by atoms with E-state index in [1.165, 1.54) is 6.42 Å². The third-order valence-corrected chi connectivity index (χ3v) is 6.76. The van der Waals surface area contributed by atoms with E-state index in [1.54, 1.807) is 18.4 Å². The molecule has 0 N–H and O–H groups in total. The highest BCUT2D eigenvalue weighted by atomic mass is 32.1. The van der Waals surface area contributed by atoms with Gasteiger partial charge < -0.3 is 14.5 Å². The summed E-state index contributed by atoms with van der Waals surface area (Å²) >= 11 is 1.72. The number of piperidine rings is 1. The number of para-hydroxylation sites is 1. The number of aromatic nitrogens is 1. The number of carbonyl (C=O) groups excluding carboxylic acids is 1. The maximum Gasteiger partial charge on any atom is 0.225 e. The number of nitrogens with zero attached hydrogens (tertiary/aromatic N) is 3. The summed E-state index contributed by atoms with van der Waals surface area (Å²) in [5.41, 5.74) is 0.949. The number of carbonyl (C=O) groups is 1. The van der Waals surface area contributed by atoms with Gasteiger partial charge in [0.1, 0.15) is 11.3 Å². The minimum Gasteiger partial charge on any atom is -0.494 e. The Balaban J connectivity index is 1.42. The van der Waals surface area contributed by atoms with Gasteiger partial charge in [-0.2, -0.15) is 0 Å². The van der Waals surface area contributed by atoms with Gasteiger partial charge in [-0.3, -0.25) is 4.79 Å². The molecule has 1 amide bonds. The molecule has 1 aliphatic heterocycles. The molecule has 134 valence electrons. The van der Waals surface area contributed by atoms with Gasteiger partial charge in [-0.05, 0) is 37.8 Å². The summed E-state index contributed by atoms with van der Waals surface area (Å²) in [6.45, 7) is 1.91. The highest BCUT2D eigenvalue weighted by molar-refractivity contribution is 7.22. The van der Waals surface area contributed by atoms with Crippen LogP contribution in [0.2, 0.25) is 0 Å². The Morgan fingerprint density at radius 1 is 1.28 bits per heavy atom. The van der Waals surface area contributed by atoms with E-state index >= 15 is 0 Å². The van der Waals surface area contributed by atoms with Gasteiger partial charge in [-0.15, -0.1) is 0 Å². The predicted molar refractivity (Wildman–Crippen MR) is 102 cm³/mol. The van der Waals surface area contributed by atoms with Crippen LogP contribution in [0.25, 0.3) is 10.2 Å². The summed E-state index contributed by atoms with van der Waals surface area (Å²) in [6, 6.07) is 6.43. The van der Waals surface area contributed by atoms with Crippen molar-refractivity contribution in [3.63, 3.8) is 0 Å². The van der Waals surface area contributed by atoms with Gasteiger partial charge in [0.15, 0.2) is 5.13 Å². The van der Waals surface area contributed by atoms with Crippen molar-refractivity contribution in [1.82, 2.24) is 9.88 Å². The van der Waals surface area contributed by atoms with Gasteiger partial charge in [-0.1, -0.05) is 23.8 Å². The molecule has 0 radical (unpaired) electrons. The normalized spacial score (nSPS) is 19.0. The van der Waals surface area contributed by atoms with Gasteiger partial charge in [0.05, 0.1) is 11.8 Å². The highest BCUT2D eigenvalue weighted by Gasteiger charge is 2.32. The minimum atomic E-state index is 0.291. The lowest BCUT2D eigenvalue weighted by molar-refractivity contribution is -0.139. The zero-order valence-corrected chi connectivity index (χ0v) is 15.7. The van der Waals surface area contributed by atoms with E-state index < -0.39 is 0 Å². The van der Waals surface area contributed by atoms with E-state index in [-0.39, 0.29) is 0 Å². The second-order valence-electron chi connectivity index (χ2n) is 7.10. The number of hydrogen-bond acceptors (Lipinski definition) is 5. The number of anilines is 1. The fourth-order valence-corrected chi connectivity index (χ4v) is 4.81. The zero-order valence-electron chi connectivity index (χ0n) is 14.9. The number of fused-ring (bicyclic) bond motifs is 1. The topological polar surface area (TPSA) is 45.7 Å². The molecule has 2 heterocycles. The quantitative estimate of drug-likeness (QED) is 0.838. The maximum atomic E-state index is 12.5. The van der Waals surface area contributed by atoms with Crippen LogP contribution in [0.4, 0.5) is 5.13 Å². The summed E-state index contributed by atoms with van der Waals surface area (Å²) < 4.78 is 6.58. The van der Waals surface area contributed by atoms with E-state index in [0.29, 0.717) is 17.9 Å². The maximum absolute atomic E-state index is 12.5.